The Morgan fingerprint density at radius 1 is 0.842 bits per heavy atom. The van der Waals surface area contributed by atoms with E-state index in [0.29, 0.717) is 0 Å². The molecule has 2 heteroatoms. The lowest BCUT2D eigenvalue weighted by molar-refractivity contribution is 1.24. The molecule has 92 valence electrons. The van der Waals surface area contributed by atoms with Gasteiger partial charge in [0.1, 0.15) is 0 Å². The van der Waals surface area contributed by atoms with Crippen LogP contribution in [0.15, 0.2) is 29.6 Å². The maximum atomic E-state index is 2.46. The molecule has 0 bridgehead atoms. The van der Waals surface area contributed by atoms with Gasteiger partial charge in [-0.3, -0.25) is 0 Å². The average molecular weight is 280 g/mol. The van der Waals surface area contributed by atoms with Crippen LogP contribution in [0.2, 0.25) is 0 Å². The highest BCUT2D eigenvalue weighted by molar-refractivity contribution is 7.15. The zero-order valence-corrected chi connectivity index (χ0v) is 12.3. The maximum absolute atomic E-state index is 2.46. The molecule has 2 aromatic heterocycles. The monoisotopic (exact) mass is 280 g/mol. The molecule has 0 unspecified atom stereocenters. The van der Waals surface area contributed by atoms with Crippen LogP contribution in [-0.2, 0) is 12.8 Å². The predicted molar refractivity (Wildman–Crippen MR) is 83.4 cm³/mol. The van der Waals surface area contributed by atoms with Gasteiger partial charge in [-0.2, -0.15) is 0 Å². The minimum Gasteiger partial charge on any atom is -0.144 e. The molecule has 1 aromatic carbocycles. The molecule has 3 aromatic rings. The first-order chi connectivity index (χ1) is 9.29. The minimum absolute atomic E-state index is 1.13. The fourth-order valence-electron chi connectivity index (χ4n) is 3.45. The minimum atomic E-state index is 1.13. The Morgan fingerprint density at radius 3 is 2.42 bits per heavy atom. The van der Waals surface area contributed by atoms with Crippen molar-refractivity contribution in [2.45, 2.75) is 19.8 Å². The Morgan fingerprint density at radius 2 is 1.58 bits per heavy atom. The Balaban J connectivity index is 1.76. The summed E-state index contributed by atoms with van der Waals surface area (Å²) in [4.78, 5) is 4.46. The zero-order chi connectivity index (χ0) is 12.6. The SMILES string of the molecule is Cc1cc2c(s1)-c1cc3c(cc1C2)-c1sccc1C3. The maximum Gasteiger partial charge on any atom is 0.0383 e. The van der Waals surface area contributed by atoms with Gasteiger partial charge >= 0.3 is 0 Å². The normalized spacial score (nSPS) is 14.2. The van der Waals surface area contributed by atoms with Crippen LogP contribution in [0, 0.1) is 6.92 Å². The van der Waals surface area contributed by atoms with E-state index < -0.39 is 0 Å². The first kappa shape index (κ1) is 10.4. The van der Waals surface area contributed by atoms with E-state index >= 15 is 0 Å². The Kier molecular flexibility index (Phi) is 1.85. The van der Waals surface area contributed by atoms with Crippen molar-refractivity contribution in [3.05, 3.63) is 56.8 Å². The Labute approximate surface area is 120 Å². The third-order valence-corrected chi connectivity index (χ3v) is 6.38. The number of benzene rings is 1. The van der Waals surface area contributed by atoms with Crippen molar-refractivity contribution < 1.29 is 0 Å². The van der Waals surface area contributed by atoms with Crippen molar-refractivity contribution in [2.24, 2.45) is 0 Å². The van der Waals surface area contributed by atoms with E-state index in [9.17, 15) is 0 Å². The molecule has 0 N–H and O–H groups in total. The molecule has 0 saturated heterocycles. The highest BCUT2D eigenvalue weighted by atomic mass is 32.1. The number of fused-ring (bicyclic) bond motifs is 6. The van der Waals surface area contributed by atoms with Gasteiger partial charge < -0.3 is 0 Å². The third-order valence-electron chi connectivity index (χ3n) is 4.26. The van der Waals surface area contributed by atoms with E-state index in [2.05, 4.69) is 36.6 Å². The third kappa shape index (κ3) is 1.28. The van der Waals surface area contributed by atoms with Crippen molar-refractivity contribution in [3.8, 4) is 20.9 Å². The number of hydrogen-bond acceptors (Lipinski definition) is 2. The van der Waals surface area contributed by atoms with Crippen molar-refractivity contribution in [1.29, 1.82) is 0 Å². The molecule has 0 nitrogen and oxygen atoms in total. The van der Waals surface area contributed by atoms with Gasteiger partial charge in [0.25, 0.3) is 0 Å². The molecule has 0 spiro atoms. The molecule has 19 heavy (non-hydrogen) atoms. The van der Waals surface area contributed by atoms with Crippen molar-refractivity contribution in [2.75, 3.05) is 0 Å². The van der Waals surface area contributed by atoms with Gasteiger partial charge in [-0.15, -0.1) is 22.7 Å². The van der Waals surface area contributed by atoms with Crippen LogP contribution in [0.3, 0.4) is 0 Å². The summed E-state index contributed by atoms with van der Waals surface area (Å²) < 4.78 is 0. The summed E-state index contributed by atoms with van der Waals surface area (Å²) in [5.74, 6) is 0. The number of aryl methyl sites for hydroxylation is 1. The fourth-order valence-corrected chi connectivity index (χ4v) is 5.51. The van der Waals surface area contributed by atoms with E-state index in [0.717, 1.165) is 12.8 Å². The first-order valence-corrected chi connectivity index (χ1v) is 8.31. The second kappa shape index (κ2) is 3.38. The zero-order valence-electron chi connectivity index (χ0n) is 10.6. The van der Waals surface area contributed by atoms with Crippen LogP contribution >= 0.6 is 22.7 Å². The predicted octanol–water partition coefficient (Wildman–Crippen LogP) is 5.26. The molecule has 0 amide bonds. The number of hydrogen-bond donors (Lipinski definition) is 0. The summed E-state index contributed by atoms with van der Waals surface area (Å²) in [6.07, 6.45) is 2.25. The average Bonchev–Trinajstić information content (AvgIpc) is 3.06. The van der Waals surface area contributed by atoms with Crippen LogP contribution in [-0.4, -0.2) is 0 Å². The van der Waals surface area contributed by atoms with Crippen LogP contribution in [0.1, 0.15) is 27.1 Å². The highest BCUT2D eigenvalue weighted by Gasteiger charge is 2.26. The van der Waals surface area contributed by atoms with Crippen molar-refractivity contribution >= 4 is 22.7 Å². The highest BCUT2D eigenvalue weighted by Crippen LogP contribution is 2.48. The van der Waals surface area contributed by atoms with Gasteiger partial charge in [-0.25, -0.2) is 0 Å². The van der Waals surface area contributed by atoms with E-state index in [-0.39, 0.29) is 0 Å². The molecule has 0 fully saturated rings. The molecular formula is C17H12S2. The van der Waals surface area contributed by atoms with Gasteiger partial charge in [0, 0.05) is 14.6 Å². The summed E-state index contributed by atoms with van der Waals surface area (Å²) in [5, 5.41) is 2.22. The second-order valence-electron chi connectivity index (χ2n) is 5.51. The van der Waals surface area contributed by atoms with Crippen molar-refractivity contribution in [1.82, 2.24) is 0 Å². The van der Waals surface area contributed by atoms with Crippen LogP contribution in [0.4, 0.5) is 0 Å². The molecule has 2 heterocycles. The topological polar surface area (TPSA) is 0 Å². The summed E-state index contributed by atoms with van der Waals surface area (Å²) in [6, 6.07) is 9.56. The molecule has 0 aliphatic heterocycles. The molecule has 0 saturated carbocycles. The van der Waals surface area contributed by atoms with Crippen LogP contribution in [0.25, 0.3) is 20.9 Å². The van der Waals surface area contributed by atoms with E-state index in [4.69, 9.17) is 0 Å². The molecule has 0 atom stereocenters. The Bertz CT molecular complexity index is 833. The smallest absolute Gasteiger partial charge is 0.0383 e. The lowest BCUT2D eigenvalue weighted by Crippen LogP contribution is -1.86. The van der Waals surface area contributed by atoms with Gasteiger partial charge in [0.2, 0.25) is 0 Å². The molecule has 0 radical (unpaired) electrons. The summed E-state index contributed by atoms with van der Waals surface area (Å²) >= 11 is 3.84. The first-order valence-electron chi connectivity index (χ1n) is 6.62. The molecule has 5 rings (SSSR count). The van der Waals surface area contributed by atoms with Crippen LogP contribution < -0.4 is 0 Å². The van der Waals surface area contributed by atoms with Gasteiger partial charge in [-0.05, 0) is 82.8 Å². The van der Waals surface area contributed by atoms with Gasteiger partial charge in [0.05, 0.1) is 0 Å². The molecule has 2 aliphatic carbocycles. The second-order valence-corrected chi connectivity index (χ2v) is 7.68. The van der Waals surface area contributed by atoms with Gasteiger partial charge in [-0.1, -0.05) is 0 Å². The fraction of sp³-hybridized carbons (Fsp3) is 0.176. The van der Waals surface area contributed by atoms with Crippen molar-refractivity contribution in [3.63, 3.8) is 0 Å². The lowest BCUT2D eigenvalue weighted by atomic mass is 10.0. The van der Waals surface area contributed by atoms with Gasteiger partial charge in [0.15, 0.2) is 0 Å². The number of rotatable bonds is 0. The summed E-state index contributed by atoms with van der Waals surface area (Å²) in [5.41, 5.74) is 9.11. The quantitative estimate of drug-likeness (QED) is 0.363. The largest absolute Gasteiger partial charge is 0.144 e. The lowest BCUT2D eigenvalue weighted by Gasteiger charge is -2.05. The van der Waals surface area contributed by atoms with E-state index in [1.54, 1.807) is 0 Å². The van der Waals surface area contributed by atoms with E-state index in [1.807, 2.05) is 22.7 Å². The summed E-state index contributed by atoms with van der Waals surface area (Å²) in [7, 11) is 0. The van der Waals surface area contributed by atoms with Crippen LogP contribution in [0.5, 0.6) is 0 Å². The molecular weight excluding hydrogens is 268 g/mol. The molecule has 2 aliphatic rings. The summed E-state index contributed by atoms with van der Waals surface area (Å²) in [6.45, 7) is 2.22. The number of thiophene rings is 2. The van der Waals surface area contributed by atoms with E-state index in [1.165, 1.54) is 48.0 Å². The standard InChI is InChI=1S/C17H12S2/c1-9-4-13-6-12-7-14-11(8-15(12)17(13)19-9)5-10-2-3-18-16(10)14/h2-4,7-8H,5-6H2,1H3. The Hall–Kier alpha value is -1.38.